The molecular formula is C31H37FN6O3. The summed E-state index contributed by atoms with van der Waals surface area (Å²) in [5, 5.41) is 20.3. The van der Waals surface area contributed by atoms with Gasteiger partial charge in [0.25, 0.3) is 11.5 Å². The van der Waals surface area contributed by atoms with E-state index in [1.807, 2.05) is 6.07 Å². The Hall–Kier alpha value is -4.26. The maximum absolute atomic E-state index is 15.0. The molecule has 0 radical (unpaired) electrons. The molecule has 0 saturated carbocycles. The third kappa shape index (κ3) is 7.48. The number of rotatable bonds is 11. The maximum Gasteiger partial charge on any atom is 0.317 e. The Morgan fingerprint density at radius 1 is 1.10 bits per heavy atom. The molecule has 1 fully saturated rings. The van der Waals surface area contributed by atoms with Gasteiger partial charge in [0.1, 0.15) is 5.82 Å². The lowest BCUT2D eigenvalue weighted by molar-refractivity contribution is 0.0512. The van der Waals surface area contributed by atoms with Crippen molar-refractivity contribution in [2.45, 2.75) is 64.3 Å². The Bertz CT molecular complexity index is 1470. The fourth-order valence-electron chi connectivity index (χ4n) is 5.30. The summed E-state index contributed by atoms with van der Waals surface area (Å²) < 4.78 is 15.0. The van der Waals surface area contributed by atoms with E-state index in [1.165, 1.54) is 36.3 Å². The number of carbonyl (C=O) groups is 2. The van der Waals surface area contributed by atoms with Gasteiger partial charge in [-0.25, -0.2) is 14.3 Å². The van der Waals surface area contributed by atoms with Crippen molar-refractivity contribution in [1.82, 2.24) is 25.3 Å². The van der Waals surface area contributed by atoms with E-state index in [0.717, 1.165) is 19.3 Å². The van der Waals surface area contributed by atoms with Crippen molar-refractivity contribution >= 4 is 22.7 Å². The van der Waals surface area contributed by atoms with Crippen LogP contribution in [0.3, 0.4) is 0 Å². The van der Waals surface area contributed by atoms with Crippen molar-refractivity contribution in [1.29, 1.82) is 5.26 Å². The van der Waals surface area contributed by atoms with Gasteiger partial charge >= 0.3 is 6.03 Å². The molecule has 3 aromatic rings. The van der Waals surface area contributed by atoms with Crippen LogP contribution < -0.4 is 10.9 Å². The van der Waals surface area contributed by atoms with Crippen molar-refractivity contribution in [3.8, 4) is 6.07 Å². The van der Waals surface area contributed by atoms with Crippen LogP contribution in [-0.2, 0) is 6.42 Å². The lowest BCUT2D eigenvalue weighted by Crippen LogP contribution is -2.58. The van der Waals surface area contributed by atoms with Crippen LogP contribution in [0.15, 0.2) is 47.3 Å². The molecule has 9 nitrogen and oxygen atoms in total. The smallest absolute Gasteiger partial charge is 0.317 e. The van der Waals surface area contributed by atoms with Crippen LogP contribution in [0.4, 0.5) is 9.18 Å². The summed E-state index contributed by atoms with van der Waals surface area (Å²) in [6.07, 6.45) is 7.08. The van der Waals surface area contributed by atoms with Crippen LogP contribution in [0.5, 0.6) is 0 Å². The molecule has 1 aliphatic heterocycles. The molecule has 216 valence electrons. The van der Waals surface area contributed by atoms with E-state index >= 15 is 0 Å². The Morgan fingerprint density at radius 2 is 1.85 bits per heavy atom. The molecule has 0 spiro atoms. The average Bonchev–Trinajstić information content (AvgIpc) is 2.99. The number of urea groups is 1. The van der Waals surface area contributed by atoms with E-state index in [4.69, 9.17) is 0 Å². The van der Waals surface area contributed by atoms with Gasteiger partial charge in [-0.3, -0.25) is 9.59 Å². The summed E-state index contributed by atoms with van der Waals surface area (Å²) in [5.41, 5.74) is 0.871. The van der Waals surface area contributed by atoms with E-state index in [9.17, 15) is 24.0 Å². The number of aromatic amines is 1. The first-order valence-electron chi connectivity index (χ1n) is 14.4. The summed E-state index contributed by atoms with van der Waals surface area (Å²) >= 11 is 0. The number of aromatic nitrogens is 2. The zero-order chi connectivity index (χ0) is 29.2. The largest absolute Gasteiger partial charge is 0.338 e. The van der Waals surface area contributed by atoms with Crippen molar-refractivity contribution in [3.05, 3.63) is 75.5 Å². The molecule has 2 heterocycles. The predicted octanol–water partition coefficient (Wildman–Crippen LogP) is 4.76. The van der Waals surface area contributed by atoms with Crippen LogP contribution in [0.1, 0.15) is 73.5 Å². The highest BCUT2D eigenvalue weighted by Crippen LogP contribution is 2.22. The summed E-state index contributed by atoms with van der Waals surface area (Å²) in [6.45, 7) is 3.47. The first kappa shape index (κ1) is 29.7. The third-order valence-electron chi connectivity index (χ3n) is 7.57. The van der Waals surface area contributed by atoms with E-state index in [-0.39, 0.29) is 43.1 Å². The van der Waals surface area contributed by atoms with Crippen LogP contribution in [0.2, 0.25) is 0 Å². The molecule has 4 rings (SSSR count). The average molecular weight is 561 g/mol. The van der Waals surface area contributed by atoms with Gasteiger partial charge in [0.2, 0.25) is 0 Å². The van der Waals surface area contributed by atoms with Crippen LogP contribution in [0, 0.1) is 17.1 Å². The van der Waals surface area contributed by atoms with E-state index < -0.39 is 17.8 Å². The number of carbonyl (C=O) groups excluding carboxylic acids is 2. The van der Waals surface area contributed by atoms with Crippen molar-refractivity contribution in [2.75, 3.05) is 26.2 Å². The number of benzene rings is 2. The number of H-pyrrole nitrogens is 1. The number of halogens is 1. The monoisotopic (exact) mass is 560 g/mol. The van der Waals surface area contributed by atoms with Crippen molar-refractivity contribution in [2.24, 2.45) is 0 Å². The van der Waals surface area contributed by atoms with Crippen LogP contribution in [0.25, 0.3) is 10.8 Å². The number of piperazine rings is 1. The van der Waals surface area contributed by atoms with E-state index in [0.29, 0.717) is 35.1 Å². The molecule has 1 aromatic heterocycles. The van der Waals surface area contributed by atoms with Gasteiger partial charge < -0.3 is 15.1 Å². The molecule has 10 heteroatoms. The Kier molecular flexibility index (Phi) is 10.4. The fraction of sp³-hybridized carbons (Fsp3) is 0.452. The van der Waals surface area contributed by atoms with Crippen LogP contribution >= 0.6 is 0 Å². The fourth-order valence-corrected chi connectivity index (χ4v) is 5.30. The first-order valence-corrected chi connectivity index (χ1v) is 14.4. The zero-order valence-electron chi connectivity index (χ0n) is 23.5. The third-order valence-corrected chi connectivity index (χ3v) is 7.57. The second kappa shape index (κ2) is 14.4. The molecule has 0 unspecified atom stereocenters. The van der Waals surface area contributed by atoms with Gasteiger partial charge in [-0.2, -0.15) is 10.4 Å². The topological polar surface area (TPSA) is 122 Å². The highest BCUT2D eigenvalue weighted by atomic mass is 19.1. The normalized spacial score (nSPS) is 15.1. The van der Waals surface area contributed by atoms with Crippen molar-refractivity contribution < 1.29 is 14.0 Å². The molecule has 1 atom stereocenters. The minimum atomic E-state index is -0.659. The quantitative estimate of drug-likeness (QED) is 0.328. The minimum absolute atomic E-state index is 0.0293. The standard InChI is InChI=1S/C31H37FN6O3/c1-2-3-4-5-6-9-16-34-31(41)37-17-18-38(23(21-37)14-15-33)30(40)26-19-22(12-13-27(26)32)20-28-24-10-7-8-11-25(24)29(39)36-35-28/h7-8,10-13,19,23H,2-6,9,14,16-18,20-21H2,1H3,(H,34,41)(H,36,39)/t23-/m1/s1. The van der Waals surface area contributed by atoms with E-state index in [2.05, 4.69) is 28.5 Å². The highest BCUT2D eigenvalue weighted by Gasteiger charge is 2.34. The summed E-state index contributed by atoms with van der Waals surface area (Å²) in [5.74, 6) is -1.18. The van der Waals surface area contributed by atoms with Gasteiger partial charge in [0, 0.05) is 38.0 Å². The number of nitrogens with zero attached hydrogens (tertiary/aromatic N) is 4. The van der Waals surface area contributed by atoms with E-state index in [1.54, 1.807) is 29.2 Å². The van der Waals surface area contributed by atoms with Crippen molar-refractivity contribution in [3.63, 3.8) is 0 Å². The molecule has 2 aromatic carbocycles. The van der Waals surface area contributed by atoms with Gasteiger partial charge in [0.05, 0.1) is 35.2 Å². The van der Waals surface area contributed by atoms with Gasteiger partial charge in [-0.15, -0.1) is 0 Å². The number of unbranched alkanes of at least 4 members (excludes halogenated alkanes) is 5. The molecule has 3 amide bonds. The van der Waals surface area contributed by atoms with Gasteiger partial charge in [-0.1, -0.05) is 63.3 Å². The molecule has 0 bridgehead atoms. The summed E-state index contributed by atoms with van der Waals surface area (Å²) in [4.78, 5) is 41.6. The number of hydrogen-bond donors (Lipinski definition) is 2. The lowest BCUT2D eigenvalue weighted by atomic mass is 10.0. The number of nitrogens with one attached hydrogen (secondary N) is 2. The molecule has 41 heavy (non-hydrogen) atoms. The molecule has 1 saturated heterocycles. The molecule has 0 aliphatic carbocycles. The van der Waals surface area contributed by atoms with Crippen LogP contribution in [-0.4, -0.2) is 64.2 Å². The maximum atomic E-state index is 15.0. The highest BCUT2D eigenvalue weighted by molar-refractivity contribution is 5.95. The lowest BCUT2D eigenvalue weighted by Gasteiger charge is -2.40. The SMILES string of the molecule is CCCCCCCCNC(=O)N1CCN(C(=O)c2cc(Cc3n[nH]c(=O)c4ccccc34)ccc2F)[C@H](CC#N)C1. The zero-order valence-corrected chi connectivity index (χ0v) is 23.5. The summed E-state index contributed by atoms with van der Waals surface area (Å²) in [7, 11) is 0. The second-order valence-corrected chi connectivity index (χ2v) is 10.5. The number of fused-ring (bicyclic) bond motifs is 1. The number of nitriles is 1. The number of amides is 3. The second-order valence-electron chi connectivity index (χ2n) is 10.5. The molecule has 1 aliphatic rings. The molecule has 2 N–H and O–H groups in total. The number of hydrogen-bond acceptors (Lipinski definition) is 5. The van der Waals surface area contributed by atoms with Gasteiger partial charge in [0.15, 0.2) is 0 Å². The Labute approximate surface area is 239 Å². The molecular weight excluding hydrogens is 523 g/mol. The van der Waals surface area contributed by atoms with Gasteiger partial charge in [-0.05, 0) is 30.2 Å². The Balaban J connectivity index is 1.42. The predicted molar refractivity (Wildman–Crippen MR) is 155 cm³/mol. The summed E-state index contributed by atoms with van der Waals surface area (Å²) in [6, 6.07) is 12.8. The minimum Gasteiger partial charge on any atom is -0.338 e. The first-order chi connectivity index (χ1) is 19.9. The Morgan fingerprint density at radius 3 is 2.63 bits per heavy atom.